The molecule has 0 unspecified atom stereocenters. The lowest BCUT2D eigenvalue weighted by molar-refractivity contribution is -0.137. The fourth-order valence-electron chi connectivity index (χ4n) is 5.01. The van der Waals surface area contributed by atoms with E-state index in [9.17, 15) is 23.2 Å². The minimum absolute atomic E-state index is 0.00776. The number of carbonyl (C=O) groups excluding carboxylic acids is 3. The van der Waals surface area contributed by atoms with Crippen molar-refractivity contribution in [3.63, 3.8) is 0 Å². The molecule has 4 rings (SSSR count). The largest absolute Gasteiger partial charge is 0.344 e. The number of carbonyl (C=O) groups is 3. The van der Waals surface area contributed by atoms with E-state index >= 15 is 0 Å². The molecule has 4 atom stereocenters. The first-order valence-corrected chi connectivity index (χ1v) is 12.6. The second-order valence-electron chi connectivity index (χ2n) is 9.76. The van der Waals surface area contributed by atoms with E-state index in [1.54, 1.807) is 11.9 Å². The first kappa shape index (κ1) is 27.0. The number of hydrogen-bond acceptors (Lipinski definition) is 3. The maximum absolute atomic E-state index is 13.5. The zero-order chi connectivity index (χ0) is 27.2. The lowest BCUT2D eigenvalue weighted by Gasteiger charge is -2.29. The van der Waals surface area contributed by atoms with Crippen molar-refractivity contribution < 1.29 is 23.2 Å². The predicted molar refractivity (Wildman–Crippen MR) is 140 cm³/mol. The van der Waals surface area contributed by atoms with Crippen molar-refractivity contribution >= 4 is 17.7 Å². The molecule has 0 saturated carbocycles. The fraction of sp³-hybridized carbons (Fsp3) is 0.300. The Morgan fingerprint density at radius 1 is 0.921 bits per heavy atom. The van der Waals surface area contributed by atoms with Gasteiger partial charge in [-0.1, -0.05) is 60.7 Å². The van der Waals surface area contributed by atoms with Crippen LogP contribution in [0, 0.1) is 11.6 Å². The molecule has 1 aliphatic rings. The van der Waals surface area contributed by atoms with Crippen molar-refractivity contribution in [3.05, 3.63) is 107 Å². The van der Waals surface area contributed by atoms with Crippen molar-refractivity contribution in [2.75, 3.05) is 7.05 Å². The first-order valence-electron chi connectivity index (χ1n) is 12.6. The molecule has 0 bridgehead atoms. The van der Waals surface area contributed by atoms with E-state index in [4.69, 9.17) is 0 Å². The Hall–Kier alpha value is -4.07. The monoisotopic (exact) mass is 519 g/mol. The summed E-state index contributed by atoms with van der Waals surface area (Å²) in [6, 6.07) is 20.7. The molecular weight excluding hydrogens is 488 g/mol. The molecule has 1 fully saturated rings. The van der Waals surface area contributed by atoms with Crippen molar-refractivity contribution in [2.24, 2.45) is 0 Å². The smallest absolute Gasteiger partial charge is 0.245 e. The summed E-state index contributed by atoms with van der Waals surface area (Å²) >= 11 is 0. The van der Waals surface area contributed by atoms with Crippen molar-refractivity contribution in [1.29, 1.82) is 0 Å². The average Bonchev–Trinajstić information content (AvgIpc) is 3.01. The van der Waals surface area contributed by atoms with Crippen molar-refractivity contribution in [1.82, 2.24) is 15.5 Å². The van der Waals surface area contributed by atoms with Gasteiger partial charge in [0.25, 0.3) is 0 Å². The molecule has 8 heteroatoms. The van der Waals surface area contributed by atoms with Crippen LogP contribution in [0.5, 0.6) is 0 Å². The SMILES string of the molecule is C[C@H](NC(=O)Cc1cc(F)cc(F)c1)C(=O)N[C@H]1C[C@@H](c2ccccc2)C[C@H](c2ccccc2)N(C)C1=O. The van der Waals surface area contributed by atoms with E-state index in [-0.39, 0.29) is 29.9 Å². The zero-order valence-corrected chi connectivity index (χ0v) is 21.4. The number of halogens is 2. The number of amides is 3. The number of likely N-dealkylation sites (N-methyl/N-ethyl adjacent to an activating group) is 1. The average molecular weight is 520 g/mol. The van der Waals surface area contributed by atoms with Gasteiger partial charge in [0.1, 0.15) is 23.7 Å². The van der Waals surface area contributed by atoms with E-state index in [2.05, 4.69) is 10.6 Å². The highest BCUT2D eigenvalue weighted by atomic mass is 19.1. The van der Waals surface area contributed by atoms with Crippen LogP contribution in [0.3, 0.4) is 0 Å². The molecule has 3 amide bonds. The molecule has 6 nitrogen and oxygen atoms in total. The summed E-state index contributed by atoms with van der Waals surface area (Å²) in [5, 5.41) is 5.39. The Kier molecular flexibility index (Phi) is 8.51. The third kappa shape index (κ3) is 6.62. The van der Waals surface area contributed by atoms with Crippen LogP contribution in [-0.4, -0.2) is 41.8 Å². The predicted octanol–water partition coefficient (Wildman–Crippen LogP) is 4.27. The van der Waals surface area contributed by atoms with Gasteiger partial charge in [-0.3, -0.25) is 14.4 Å². The molecular formula is C30H31F2N3O3. The number of nitrogens with one attached hydrogen (secondary N) is 2. The quantitative estimate of drug-likeness (QED) is 0.489. The minimum atomic E-state index is -0.956. The summed E-state index contributed by atoms with van der Waals surface area (Å²) in [5.41, 5.74) is 2.26. The zero-order valence-electron chi connectivity index (χ0n) is 21.4. The van der Waals surface area contributed by atoms with Crippen LogP contribution in [0.4, 0.5) is 8.78 Å². The maximum atomic E-state index is 13.5. The highest BCUT2D eigenvalue weighted by molar-refractivity contribution is 5.92. The summed E-state index contributed by atoms with van der Waals surface area (Å²) in [6.45, 7) is 1.51. The fourth-order valence-corrected chi connectivity index (χ4v) is 5.01. The topological polar surface area (TPSA) is 78.5 Å². The molecule has 1 heterocycles. The van der Waals surface area contributed by atoms with Crippen molar-refractivity contribution in [2.45, 2.75) is 50.2 Å². The first-order chi connectivity index (χ1) is 18.2. The normalized spacial score (nSPS) is 20.4. The van der Waals surface area contributed by atoms with Gasteiger partial charge in [-0.25, -0.2) is 8.78 Å². The summed E-state index contributed by atoms with van der Waals surface area (Å²) < 4.78 is 26.9. The highest BCUT2D eigenvalue weighted by Crippen LogP contribution is 2.38. The lowest BCUT2D eigenvalue weighted by Crippen LogP contribution is -2.53. The Balaban J connectivity index is 1.48. The number of rotatable bonds is 7. The van der Waals surface area contributed by atoms with E-state index in [0.717, 1.165) is 29.3 Å². The molecule has 1 saturated heterocycles. The van der Waals surface area contributed by atoms with Gasteiger partial charge in [-0.15, -0.1) is 0 Å². The van der Waals surface area contributed by atoms with Gasteiger partial charge >= 0.3 is 0 Å². The van der Waals surface area contributed by atoms with Crippen LogP contribution < -0.4 is 10.6 Å². The molecule has 198 valence electrons. The van der Waals surface area contributed by atoms with Crippen molar-refractivity contribution in [3.8, 4) is 0 Å². The molecule has 3 aromatic rings. The number of hydrogen-bond donors (Lipinski definition) is 2. The summed E-state index contributed by atoms with van der Waals surface area (Å²) in [4.78, 5) is 40.7. The van der Waals surface area contributed by atoms with Gasteiger partial charge in [-0.05, 0) is 54.5 Å². The minimum Gasteiger partial charge on any atom is -0.344 e. The van der Waals surface area contributed by atoms with Crippen LogP contribution in [0.1, 0.15) is 48.4 Å². The lowest BCUT2D eigenvalue weighted by atomic mass is 9.86. The van der Waals surface area contributed by atoms with E-state index in [1.165, 1.54) is 6.92 Å². The second kappa shape index (κ2) is 12.0. The van der Waals surface area contributed by atoms with Gasteiger partial charge in [0.2, 0.25) is 17.7 Å². The van der Waals surface area contributed by atoms with Crippen LogP contribution in [-0.2, 0) is 20.8 Å². The highest BCUT2D eigenvalue weighted by Gasteiger charge is 2.37. The Labute approximate surface area is 221 Å². The number of nitrogens with zero attached hydrogens (tertiary/aromatic N) is 1. The molecule has 0 spiro atoms. The van der Waals surface area contributed by atoms with Crippen LogP contribution in [0.25, 0.3) is 0 Å². The Bertz CT molecular complexity index is 1270. The van der Waals surface area contributed by atoms with Gasteiger partial charge in [0.15, 0.2) is 0 Å². The maximum Gasteiger partial charge on any atom is 0.245 e. The molecule has 0 aliphatic carbocycles. The van der Waals surface area contributed by atoms with Gasteiger partial charge in [0.05, 0.1) is 12.5 Å². The molecule has 1 aliphatic heterocycles. The third-order valence-corrected chi connectivity index (χ3v) is 6.97. The van der Waals surface area contributed by atoms with Gasteiger partial charge in [0, 0.05) is 13.1 Å². The van der Waals surface area contributed by atoms with Crippen LogP contribution >= 0.6 is 0 Å². The molecule has 2 N–H and O–H groups in total. The standard InChI is InChI=1S/C30H31F2N3O3/c1-19(33-28(36)15-20-13-24(31)18-25(32)14-20)29(37)34-26-16-23(21-9-5-3-6-10-21)17-27(35(2)30(26)38)22-11-7-4-8-12-22/h3-14,18-19,23,26-27H,15-17H2,1-2H3,(H,33,36)(H,34,37)/t19-,23+,26-,27+/m0/s1. The summed E-state index contributed by atoms with van der Waals surface area (Å²) in [6.07, 6.45) is 0.816. The number of benzene rings is 3. The summed E-state index contributed by atoms with van der Waals surface area (Å²) in [5.74, 6) is -2.84. The molecule has 3 aromatic carbocycles. The van der Waals surface area contributed by atoms with Crippen LogP contribution in [0.2, 0.25) is 0 Å². The van der Waals surface area contributed by atoms with Gasteiger partial charge in [-0.2, -0.15) is 0 Å². The van der Waals surface area contributed by atoms with Crippen LogP contribution in [0.15, 0.2) is 78.9 Å². The Morgan fingerprint density at radius 2 is 1.50 bits per heavy atom. The van der Waals surface area contributed by atoms with E-state index in [0.29, 0.717) is 12.8 Å². The molecule has 38 heavy (non-hydrogen) atoms. The Morgan fingerprint density at radius 3 is 2.11 bits per heavy atom. The number of likely N-dealkylation sites (tertiary alicyclic amines) is 1. The summed E-state index contributed by atoms with van der Waals surface area (Å²) in [7, 11) is 1.75. The molecule has 0 aromatic heterocycles. The third-order valence-electron chi connectivity index (χ3n) is 6.97. The van der Waals surface area contributed by atoms with E-state index in [1.807, 2.05) is 60.7 Å². The second-order valence-corrected chi connectivity index (χ2v) is 9.76. The van der Waals surface area contributed by atoms with Gasteiger partial charge < -0.3 is 15.5 Å². The molecule has 0 radical (unpaired) electrons. The van der Waals surface area contributed by atoms with E-state index < -0.39 is 35.5 Å².